The Labute approximate surface area is 226 Å². The van der Waals surface area contributed by atoms with Crippen molar-refractivity contribution < 1.29 is 14.3 Å². The molecule has 0 aliphatic carbocycles. The summed E-state index contributed by atoms with van der Waals surface area (Å²) in [5.74, 6) is 0.160. The molecular formula is C28H30ClIN2O3. The van der Waals surface area contributed by atoms with E-state index in [4.69, 9.17) is 16.3 Å². The highest BCUT2D eigenvalue weighted by atomic mass is 127. The van der Waals surface area contributed by atoms with Gasteiger partial charge < -0.3 is 15.0 Å². The van der Waals surface area contributed by atoms with Crippen molar-refractivity contribution in [1.29, 1.82) is 0 Å². The normalized spacial score (nSPS) is 12.5. The topological polar surface area (TPSA) is 58.6 Å². The van der Waals surface area contributed by atoms with Crippen molar-refractivity contribution in [2.75, 3.05) is 6.61 Å². The number of ether oxygens (including phenoxy) is 1. The Morgan fingerprint density at radius 1 is 0.971 bits per heavy atom. The molecule has 0 aromatic heterocycles. The Balaban J connectivity index is 1.89. The third-order valence-electron chi connectivity index (χ3n) is 5.71. The Bertz CT molecular complexity index is 1090. The van der Waals surface area contributed by atoms with E-state index in [1.54, 1.807) is 17.0 Å². The van der Waals surface area contributed by atoms with Crippen LogP contribution in [0.2, 0.25) is 5.02 Å². The number of halogens is 2. The average Bonchev–Trinajstić information content (AvgIpc) is 2.87. The monoisotopic (exact) mass is 604 g/mol. The summed E-state index contributed by atoms with van der Waals surface area (Å²) in [5, 5.41) is 3.68. The van der Waals surface area contributed by atoms with Crippen LogP contribution in [0.5, 0.6) is 5.75 Å². The van der Waals surface area contributed by atoms with Gasteiger partial charge in [0.1, 0.15) is 11.8 Å². The van der Waals surface area contributed by atoms with Gasteiger partial charge >= 0.3 is 0 Å². The number of carbonyl (C=O) groups is 2. The number of hydrogen-bond donors (Lipinski definition) is 1. The molecule has 184 valence electrons. The minimum atomic E-state index is -0.699. The van der Waals surface area contributed by atoms with Crippen LogP contribution < -0.4 is 10.1 Å². The van der Waals surface area contributed by atoms with Crippen molar-refractivity contribution >= 4 is 46.0 Å². The summed E-state index contributed by atoms with van der Waals surface area (Å²) in [6, 6.07) is 23.8. The highest BCUT2D eigenvalue weighted by molar-refractivity contribution is 14.1. The molecule has 2 amide bonds. The minimum Gasteiger partial charge on any atom is -0.484 e. The van der Waals surface area contributed by atoms with Crippen LogP contribution in [0.15, 0.2) is 78.9 Å². The average molecular weight is 605 g/mol. The molecule has 0 fully saturated rings. The molecule has 3 aromatic rings. The molecule has 0 unspecified atom stereocenters. The standard InChI is InChI=1S/C28H30ClIN2O3/c1-3-20(2)31-28(34)26(17-21-7-5-4-6-8-21)32(18-22-9-11-23(29)12-10-22)27(33)19-35-25-15-13-24(30)14-16-25/h4-16,20,26H,3,17-19H2,1-2H3,(H,31,34)/t20-,26+/m0/s1. The Kier molecular flexibility index (Phi) is 10.4. The first-order chi connectivity index (χ1) is 16.9. The molecule has 5 nitrogen and oxygen atoms in total. The van der Waals surface area contributed by atoms with Crippen LogP contribution in [0.25, 0.3) is 0 Å². The van der Waals surface area contributed by atoms with E-state index in [-0.39, 0.29) is 31.0 Å². The van der Waals surface area contributed by atoms with Crippen molar-refractivity contribution in [3.05, 3.63) is 98.6 Å². The predicted octanol–water partition coefficient (Wildman–Crippen LogP) is 5.88. The van der Waals surface area contributed by atoms with Gasteiger partial charge in [0, 0.05) is 27.6 Å². The van der Waals surface area contributed by atoms with Crippen LogP contribution in [-0.4, -0.2) is 35.4 Å². The molecule has 7 heteroatoms. The number of rotatable bonds is 11. The zero-order chi connectivity index (χ0) is 25.2. The van der Waals surface area contributed by atoms with Gasteiger partial charge in [0.05, 0.1) is 0 Å². The van der Waals surface area contributed by atoms with Crippen LogP contribution in [0.1, 0.15) is 31.4 Å². The lowest BCUT2D eigenvalue weighted by Crippen LogP contribution is -2.53. The Morgan fingerprint density at radius 3 is 2.26 bits per heavy atom. The van der Waals surface area contributed by atoms with Gasteiger partial charge in [-0.2, -0.15) is 0 Å². The summed E-state index contributed by atoms with van der Waals surface area (Å²) in [5.41, 5.74) is 1.86. The molecule has 1 N–H and O–H groups in total. The molecule has 3 rings (SSSR count). The van der Waals surface area contributed by atoms with Gasteiger partial charge in [-0.1, -0.05) is 61.0 Å². The van der Waals surface area contributed by atoms with Gasteiger partial charge in [-0.15, -0.1) is 0 Å². The highest BCUT2D eigenvalue weighted by Gasteiger charge is 2.31. The summed E-state index contributed by atoms with van der Waals surface area (Å²) in [7, 11) is 0. The molecule has 0 heterocycles. The molecule has 3 aromatic carbocycles. The first kappa shape index (κ1) is 27.0. The molecule has 0 spiro atoms. The number of carbonyl (C=O) groups excluding carboxylic acids is 2. The van der Waals surface area contributed by atoms with E-state index in [1.165, 1.54) is 0 Å². The van der Waals surface area contributed by atoms with Crippen molar-refractivity contribution in [1.82, 2.24) is 10.2 Å². The van der Waals surface area contributed by atoms with Gasteiger partial charge in [0.25, 0.3) is 5.91 Å². The van der Waals surface area contributed by atoms with Crippen molar-refractivity contribution in [2.24, 2.45) is 0 Å². The third kappa shape index (κ3) is 8.54. The zero-order valence-corrected chi connectivity index (χ0v) is 22.8. The first-order valence-corrected chi connectivity index (χ1v) is 13.1. The predicted molar refractivity (Wildman–Crippen MR) is 148 cm³/mol. The minimum absolute atomic E-state index is 0.00343. The lowest BCUT2D eigenvalue weighted by atomic mass is 10.0. The molecule has 0 saturated carbocycles. The summed E-state index contributed by atoms with van der Waals surface area (Å²) in [6.07, 6.45) is 1.19. The maximum atomic E-state index is 13.5. The van der Waals surface area contributed by atoms with E-state index in [1.807, 2.05) is 80.6 Å². The summed E-state index contributed by atoms with van der Waals surface area (Å²) in [4.78, 5) is 28.6. The van der Waals surface area contributed by atoms with Gasteiger partial charge in [-0.25, -0.2) is 0 Å². The van der Waals surface area contributed by atoms with E-state index < -0.39 is 6.04 Å². The third-order valence-corrected chi connectivity index (χ3v) is 6.69. The first-order valence-electron chi connectivity index (χ1n) is 11.6. The van der Waals surface area contributed by atoms with E-state index in [0.29, 0.717) is 17.2 Å². The molecule has 0 saturated heterocycles. The number of hydrogen-bond acceptors (Lipinski definition) is 3. The lowest BCUT2D eigenvalue weighted by Gasteiger charge is -2.32. The number of nitrogens with zero attached hydrogens (tertiary/aromatic N) is 1. The van der Waals surface area contributed by atoms with Gasteiger partial charge in [0.15, 0.2) is 6.61 Å². The van der Waals surface area contributed by atoms with Crippen LogP contribution in [0.4, 0.5) is 0 Å². The molecule has 0 aliphatic heterocycles. The number of benzene rings is 3. The second kappa shape index (κ2) is 13.5. The van der Waals surface area contributed by atoms with E-state index in [2.05, 4.69) is 27.9 Å². The quantitative estimate of drug-likeness (QED) is 0.278. The summed E-state index contributed by atoms with van der Waals surface area (Å²) < 4.78 is 6.87. The van der Waals surface area contributed by atoms with E-state index >= 15 is 0 Å². The second-order valence-electron chi connectivity index (χ2n) is 8.41. The second-order valence-corrected chi connectivity index (χ2v) is 10.1. The van der Waals surface area contributed by atoms with Crippen LogP contribution in [-0.2, 0) is 22.6 Å². The largest absolute Gasteiger partial charge is 0.484 e. The molecular weight excluding hydrogens is 575 g/mol. The van der Waals surface area contributed by atoms with Gasteiger partial charge in [-0.05, 0) is 83.5 Å². The van der Waals surface area contributed by atoms with Crippen LogP contribution >= 0.6 is 34.2 Å². The SMILES string of the molecule is CC[C@H](C)NC(=O)[C@@H](Cc1ccccc1)N(Cc1ccc(Cl)cc1)C(=O)COc1ccc(I)cc1. The molecule has 2 atom stereocenters. The maximum absolute atomic E-state index is 13.5. The fourth-order valence-corrected chi connectivity index (χ4v) is 4.03. The highest BCUT2D eigenvalue weighted by Crippen LogP contribution is 2.18. The van der Waals surface area contributed by atoms with E-state index in [9.17, 15) is 9.59 Å². The Morgan fingerprint density at radius 2 is 1.63 bits per heavy atom. The van der Waals surface area contributed by atoms with Crippen molar-refractivity contribution in [3.8, 4) is 5.75 Å². The molecule has 0 aliphatic rings. The zero-order valence-electron chi connectivity index (χ0n) is 19.9. The lowest BCUT2D eigenvalue weighted by molar-refractivity contribution is -0.143. The van der Waals surface area contributed by atoms with Crippen molar-refractivity contribution in [3.63, 3.8) is 0 Å². The molecule has 0 bridgehead atoms. The molecule has 0 radical (unpaired) electrons. The fraction of sp³-hybridized carbons (Fsp3) is 0.286. The van der Waals surface area contributed by atoms with Crippen LogP contribution in [0, 0.1) is 3.57 Å². The molecule has 35 heavy (non-hydrogen) atoms. The smallest absolute Gasteiger partial charge is 0.261 e. The van der Waals surface area contributed by atoms with Crippen molar-refractivity contribution in [2.45, 2.75) is 45.3 Å². The van der Waals surface area contributed by atoms with Gasteiger partial charge in [-0.3, -0.25) is 9.59 Å². The summed E-state index contributed by atoms with van der Waals surface area (Å²) in [6.45, 7) is 4.07. The number of amides is 2. The maximum Gasteiger partial charge on any atom is 0.261 e. The van der Waals surface area contributed by atoms with Crippen LogP contribution in [0.3, 0.4) is 0 Å². The van der Waals surface area contributed by atoms with Gasteiger partial charge in [0.2, 0.25) is 5.91 Å². The number of nitrogens with one attached hydrogen (secondary N) is 1. The van der Waals surface area contributed by atoms with E-state index in [0.717, 1.165) is 21.1 Å². The fourth-order valence-electron chi connectivity index (χ4n) is 3.54. The summed E-state index contributed by atoms with van der Waals surface area (Å²) >= 11 is 8.29. The Hall–Kier alpha value is -2.58.